The summed E-state index contributed by atoms with van der Waals surface area (Å²) in [5.41, 5.74) is 7.86. The molecule has 0 saturated carbocycles. The third-order valence-electron chi connectivity index (χ3n) is 11.6. The highest BCUT2D eigenvalue weighted by Crippen LogP contribution is 2.49. The zero-order valence-electron chi connectivity index (χ0n) is 31.6. The Bertz CT molecular complexity index is 2930. The van der Waals surface area contributed by atoms with Gasteiger partial charge in [0.2, 0.25) is 0 Å². The fourth-order valence-corrected chi connectivity index (χ4v) is 13.9. The molecular formula is C54H37NO2Si. The van der Waals surface area contributed by atoms with Crippen molar-refractivity contribution >= 4 is 50.6 Å². The van der Waals surface area contributed by atoms with Gasteiger partial charge in [-0.1, -0.05) is 194 Å². The van der Waals surface area contributed by atoms with E-state index in [0.717, 1.165) is 49.7 Å². The Hall–Kier alpha value is -7.40. The van der Waals surface area contributed by atoms with Crippen molar-refractivity contribution in [3.8, 4) is 50.9 Å². The number of para-hydroxylation sites is 3. The average molecular weight is 760 g/mol. The number of benzene rings is 9. The number of fused-ring (bicyclic) bond motifs is 5. The lowest BCUT2D eigenvalue weighted by molar-refractivity contribution is 0.360. The van der Waals surface area contributed by atoms with Crippen molar-refractivity contribution in [2.75, 3.05) is 0 Å². The van der Waals surface area contributed by atoms with Crippen LogP contribution in [0.1, 0.15) is 0 Å². The van der Waals surface area contributed by atoms with E-state index < -0.39 is 8.07 Å². The monoisotopic (exact) mass is 759 g/mol. The topological polar surface area (TPSA) is 23.4 Å². The van der Waals surface area contributed by atoms with Crippen molar-refractivity contribution in [3.63, 3.8) is 0 Å². The summed E-state index contributed by atoms with van der Waals surface area (Å²) in [6.45, 7) is 0. The van der Waals surface area contributed by atoms with Gasteiger partial charge in [0.15, 0.2) is 31.1 Å². The van der Waals surface area contributed by atoms with E-state index in [1.54, 1.807) is 0 Å². The van der Waals surface area contributed by atoms with E-state index in [1.165, 1.54) is 20.7 Å². The fraction of sp³-hybridized carbons (Fsp3) is 0. The number of aromatic nitrogens is 1. The quantitative estimate of drug-likeness (QED) is 0.119. The lowest BCUT2D eigenvalue weighted by Gasteiger charge is -2.36. The molecule has 1 aliphatic rings. The molecule has 274 valence electrons. The molecule has 0 amide bonds. The van der Waals surface area contributed by atoms with E-state index in [4.69, 9.17) is 9.47 Å². The lowest BCUT2D eigenvalue weighted by atomic mass is 9.95. The number of hydrogen-bond donors (Lipinski definition) is 0. The molecule has 4 heteroatoms. The summed E-state index contributed by atoms with van der Waals surface area (Å²) in [7, 11) is -2.94. The highest BCUT2D eigenvalue weighted by molar-refractivity contribution is 7.20. The molecule has 0 spiro atoms. The van der Waals surface area contributed by atoms with E-state index in [0.29, 0.717) is 23.0 Å². The first-order chi connectivity index (χ1) is 28.8. The van der Waals surface area contributed by atoms with Gasteiger partial charge in [0.25, 0.3) is 0 Å². The number of ether oxygens (including phenoxy) is 2. The molecule has 3 nitrogen and oxygen atoms in total. The third-order valence-corrected chi connectivity index (χ3v) is 16.3. The maximum absolute atomic E-state index is 6.58. The molecule has 0 saturated heterocycles. The Balaban J connectivity index is 1.30. The van der Waals surface area contributed by atoms with E-state index in [1.807, 2.05) is 24.3 Å². The predicted molar refractivity (Wildman–Crippen MR) is 242 cm³/mol. The third kappa shape index (κ3) is 5.41. The molecule has 1 aromatic heterocycles. The van der Waals surface area contributed by atoms with Gasteiger partial charge >= 0.3 is 0 Å². The summed E-state index contributed by atoms with van der Waals surface area (Å²) in [4.78, 5) is 0. The van der Waals surface area contributed by atoms with Crippen LogP contribution in [0.2, 0.25) is 0 Å². The molecule has 2 heterocycles. The molecule has 11 rings (SSSR count). The molecule has 0 unspecified atom stereocenters. The molecule has 0 fully saturated rings. The lowest BCUT2D eigenvalue weighted by Crippen LogP contribution is -2.74. The Kier molecular flexibility index (Phi) is 8.16. The van der Waals surface area contributed by atoms with Crippen LogP contribution in [0.15, 0.2) is 224 Å². The Morgan fingerprint density at radius 1 is 0.310 bits per heavy atom. The van der Waals surface area contributed by atoms with E-state index in [-0.39, 0.29) is 0 Å². The van der Waals surface area contributed by atoms with Crippen LogP contribution >= 0.6 is 0 Å². The minimum atomic E-state index is -2.94. The van der Waals surface area contributed by atoms with Crippen molar-refractivity contribution in [1.29, 1.82) is 0 Å². The summed E-state index contributed by atoms with van der Waals surface area (Å²) in [6, 6.07) is 81.2. The van der Waals surface area contributed by atoms with Gasteiger partial charge in [-0.05, 0) is 56.1 Å². The molecule has 0 aliphatic carbocycles. The van der Waals surface area contributed by atoms with Crippen molar-refractivity contribution in [2.45, 2.75) is 0 Å². The second kappa shape index (κ2) is 14.0. The first kappa shape index (κ1) is 33.9. The minimum absolute atomic E-state index is 0.693. The zero-order valence-corrected chi connectivity index (χ0v) is 32.6. The molecule has 0 radical (unpaired) electrons. The summed E-state index contributed by atoms with van der Waals surface area (Å²) >= 11 is 0. The predicted octanol–water partition coefficient (Wildman–Crippen LogP) is 11.4. The second-order valence-corrected chi connectivity index (χ2v) is 18.6. The molecule has 58 heavy (non-hydrogen) atoms. The van der Waals surface area contributed by atoms with Crippen LogP contribution in [0.4, 0.5) is 0 Å². The Morgan fingerprint density at radius 2 is 0.724 bits per heavy atom. The smallest absolute Gasteiger partial charge is 0.179 e. The van der Waals surface area contributed by atoms with Crippen molar-refractivity contribution < 1.29 is 9.47 Å². The van der Waals surface area contributed by atoms with Crippen LogP contribution in [0.25, 0.3) is 49.7 Å². The second-order valence-electron chi connectivity index (χ2n) is 14.8. The van der Waals surface area contributed by atoms with Crippen LogP contribution in [0, 0.1) is 0 Å². The number of rotatable bonds is 7. The van der Waals surface area contributed by atoms with Crippen LogP contribution in [0.5, 0.6) is 23.0 Å². The van der Waals surface area contributed by atoms with Crippen molar-refractivity contribution in [1.82, 2.24) is 4.57 Å². The molecule has 1 aliphatic heterocycles. The maximum Gasteiger partial charge on any atom is 0.179 e. The molecule has 9 aromatic carbocycles. The normalized spacial score (nSPS) is 12.1. The highest BCUT2D eigenvalue weighted by atomic mass is 28.3. The number of nitrogens with zero attached hydrogens (tertiary/aromatic N) is 1. The molecular weight excluding hydrogens is 723 g/mol. The SMILES string of the molecule is c1ccc(-c2cc([Si](c3ccccc3)(c3ccccc3)c3ccccc3)cc(-c3ccccc3)c2-n2c3ccccc3c3cc4c(cc32)Oc2ccccc2O4)cc1. The summed E-state index contributed by atoms with van der Waals surface area (Å²) in [6.07, 6.45) is 0. The fourth-order valence-electron chi connectivity index (χ4n) is 9.06. The first-order valence-corrected chi connectivity index (χ1v) is 21.8. The van der Waals surface area contributed by atoms with Crippen molar-refractivity contribution in [2.24, 2.45) is 0 Å². The average Bonchev–Trinajstić information content (AvgIpc) is 3.61. The van der Waals surface area contributed by atoms with Crippen LogP contribution in [-0.4, -0.2) is 12.6 Å². The van der Waals surface area contributed by atoms with Crippen LogP contribution < -0.4 is 30.2 Å². The summed E-state index contributed by atoms with van der Waals surface area (Å²) in [5, 5.41) is 7.55. The van der Waals surface area contributed by atoms with Crippen molar-refractivity contribution in [3.05, 3.63) is 224 Å². The van der Waals surface area contributed by atoms with Gasteiger partial charge in [-0.3, -0.25) is 0 Å². The Labute approximate surface area is 338 Å². The minimum Gasteiger partial charge on any atom is -0.449 e. The van der Waals surface area contributed by atoms with Gasteiger partial charge in [-0.2, -0.15) is 0 Å². The number of hydrogen-bond acceptors (Lipinski definition) is 2. The summed E-state index contributed by atoms with van der Waals surface area (Å²) < 4.78 is 15.5. The first-order valence-electron chi connectivity index (χ1n) is 19.8. The van der Waals surface area contributed by atoms with Crippen LogP contribution in [-0.2, 0) is 0 Å². The largest absolute Gasteiger partial charge is 0.449 e. The van der Waals surface area contributed by atoms with Gasteiger partial charge in [0.05, 0.1) is 16.7 Å². The molecule has 0 N–H and O–H groups in total. The highest BCUT2D eigenvalue weighted by Gasteiger charge is 2.42. The Morgan fingerprint density at radius 3 is 1.22 bits per heavy atom. The molecule has 0 atom stereocenters. The van der Waals surface area contributed by atoms with Gasteiger partial charge in [0.1, 0.15) is 0 Å². The maximum atomic E-state index is 6.58. The standard InChI is InChI=1S/C54H37NO2Si/c1-6-20-38(21-7-1)45-34-43(58(40-24-10-3-11-25-40,41-26-12-4-13-27-41)42-28-14-5-15-29-42)35-46(39-22-8-2-9-23-39)54(45)55-48-31-17-16-30-44(48)47-36-52-53(37-49(47)55)57-51-33-19-18-32-50(51)56-52/h1-37H. The molecule has 10 aromatic rings. The van der Waals surface area contributed by atoms with Crippen LogP contribution in [0.3, 0.4) is 0 Å². The van der Waals surface area contributed by atoms with Gasteiger partial charge < -0.3 is 14.0 Å². The van der Waals surface area contributed by atoms with Gasteiger partial charge in [0, 0.05) is 28.0 Å². The van der Waals surface area contributed by atoms with Gasteiger partial charge in [-0.25, -0.2) is 0 Å². The summed E-state index contributed by atoms with van der Waals surface area (Å²) in [5.74, 6) is 2.83. The van der Waals surface area contributed by atoms with E-state index in [2.05, 4.69) is 205 Å². The zero-order chi connectivity index (χ0) is 38.5. The van der Waals surface area contributed by atoms with E-state index in [9.17, 15) is 0 Å². The van der Waals surface area contributed by atoms with Gasteiger partial charge in [-0.15, -0.1) is 0 Å². The van der Waals surface area contributed by atoms with E-state index >= 15 is 0 Å². The molecule has 0 bridgehead atoms.